The summed E-state index contributed by atoms with van der Waals surface area (Å²) in [6, 6.07) is 7.74. The van der Waals surface area contributed by atoms with E-state index in [-0.39, 0.29) is 17.6 Å². The first kappa shape index (κ1) is 14.8. The van der Waals surface area contributed by atoms with Crippen LogP contribution in [0.4, 0.5) is 0 Å². The molecule has 106 valence electrons. The minimum atomic E-state index is -2.89. The van der Waals surface area contributed by atoms with Gasteiger partial charge in [0.15, 0.2) is 9.84 Å². The Kier molecular flexibility index (Phi) is 4.87. The summed E-state index contributed by atoms with van der Waals surface area (Å²) in [5.74, 6) is 0.933. The summed E-state index contributed by atoms with van der Waals surface area (Å²) in [5, 5.41) is 3.89. The summed E-state index contributed by atoms with van der Waals surface area (Å²) in [6.45, 7) is 0.754. The number of likely N-dealkylation sites (N-methyl/N-ethyl adjacent to an activating group) is 1. The number of halogens is 1. The van der Waals surface area contributed by atoms with Crippen molar-refractivity contribution in [2.75, 3.05) is 25.1 Å². The second kappa shape index (κ2) is 6.25. The van der Waals surface area contributed by atoms with Crippen LogP contribution < -0.4 is 5.32 Å². The molecule has 1 saturated heterocycles. The van der Waals surface area contributed by atoms with Crippen molar-refractivity contribution in [3.63, 3.8) is 0 Å². The van der Waals surface area contributed by atoms with Crippen LogP contribution in [0.5, 0.6) is 0 Å². The lowest BCUT2D eigenvalue weighted by atomic mass is 9.84. The molecule has 1 fully saturated rings. The van der Waals surface area contributed by atoms with Crippen molar-refractivity contribution in [2.24, 2.45) is 5.92 Å². The van der Waals surface area contributed by atoms with E-state index in [0.29, 0.717) is 5.75 Å². The summed E-state index contributed by atoms with van der Waals surface area (Å²) in [7, 11) is -0.997. The minimum absolute atomic E-state index is 0.158. The Bertz CT molecular complexity index is 530. The van der Waals surface area contributed by atoms with Gasteiger partial charge in [0.25, 0.3) is 0 Å². The van der Waals surface area contributed by atoms with Crippen molar-refractivity contribution < 1.29 is 8.42 Å². The van der Waals surface area contributed by atoms with Gasteiger partial charge in [-0.1, -0.05) is 29.8 Å². The molecule has 0 radical (unpaired) electrons. The van der Waals surface area contributed by atoms with Crippen molar-refractivity contribution in [2.45, 2.75) is 18.8 Å². The number of hydrogen-bond donors (Lipinski definition) is 1. The Hall–Kier alpha value is -0.580. The van der Waals surface area contributed by atoms with E-state index in [1.54, 1.807) is 0 Å². The molecule has 1 heterocycles. The molecule has 0 bridgehead atoms. The Morgan fingerprint density at radius 2 is 2.16 bits per heavy atom. The van der Waals surface area contributed by atoms with Gasteiger partial charge in [0.1, 0.15) is 0 Å². The highest BCUT2D eigenvalue weighted by molar-refractivity contribution is 7.91. The van der Waals surface area contributed by atoms with Gasteiger partial charge in [-0.3, -0.25) is 0 Å². The van der Waals surface area contributed by atoms with Crippen molar-refractivity contribution in [1.82, 2.24) is 5.32 Å². The molecule has 19 heavy (non-hydrogen) atoms. The van der Waals surface area contributed by atoms with Gasteiger partial charge in [-0.15, -0.1) is 0 Å². The molecule has 1 aliphatic rings. The van der Waals surface area contributed by atoms with Gasteiger partial charge in [0, 0.05) is 17.5 Å². The van der Waals surface area contributed by atoms with Crippen molar-refractivity contribution in [3.05, 3.63) is 34.9 Å². The first-order valence-electron chi connectivity index (χ1n) is 6.63. The van der Waals surface area contributed by atoms with Gasteiger partial charge < -0.3 is 5.32 Å². The Morgan fingerprint density at radius 3 is 2.79 bits per heavy atom. The van der Waals surface area contributed by atoms with E-state index in [4.69, 9.17) is 11.6 Å². The first-order chi connectivity index (χ1) is 9.03. The second-order valence-electron chi connectivity index (χ2n) is 5.20. The number of benzene rings is 1. The Balaban J connectivity index is 2.28. The van der Waals surface area contributed by atoms with Crippen LogP contribution in [0, 0.1) is 5.92 Å². The van der Waals surface area contributed by atoms with Crippen LogP contribution in [0.3, 0.4) is 0 Å². The lowest BCUT2D eigenvalue weighted by Crippen LogP contribution is -2.33. The molecule has 1 aromatic rings. The highest BCUT2D eigenvalue weighted by atomic mass is 35.5. The highest BCUT2D eigenvalue weighted by Crippen LogP contribution is 2.35. The van der Waals surface area contributed by atoms with Crippen LogP contribution in [0.25, 0.3) is 0 Å². The maximum atomic E-state index is 11.8. The predicted octanol–water partition coefficient (Wildman–Crippen LogP) is 2.47. The van der Waals surface area contributed by atoms with E-state index < -0.39 is 9.84 Å². The third-order valence-electron chi connectivity index (χ3n) is 3.80. The third-order valence-corrected chi connectivity index (χ3v) is 5.99. The smallest absolute Gasteiger partial charge is 0.150 e. The number of sulfone groups is 1. The van der Waals surface area contributed by atoms with Crippen LogP contribution in [-0.4, -0.2) is 33.5 Å². The molecule has 5 heteroatoms. The van der Waals surface area contributed by atoms with E-state index in [9.17, 15) is 8.42 Å². The summed E-state index contributed by atoms with van der Waals surface area (Å²) < 4.78 is 23.7. The lowest BCUT2D eigenvalue weighted by Gasteiger charge is -2.31. The van der Waals surface area contributed by atoms with Crippen LogP contribution in [0.1, 0.15) is 24.3 Å². The number of rotatable bonds is 4. The van der Waals surface area contributed by atoms with Gasteiger partial charge in [-0.2, -0.15) is 0 Å². The van der Waals surface area contributed by atoms with Crippen molar-refractivity contribution in [1.29, 1.82) is 0 Å². The monoisotopic (exact) mass is 301 g/mol. The average molecular weight is 302 g/mol. The Labute approximate surface area is 120 Å². The van der Waals surface area contributed by atoms with Crippen LogP contribution in [0.2, 0.25) is 5.02 Å². The molecule has 0 aromatic heterocycles. The maximum Gasteiger partial charge on any atom is 0.150 e. The molecular formula is C14H20ClNO2S. The zero-order valence-corrected chi connectivity index (χ0v) is 12.7. The van der Waals surface area contributed by atoms with Crippen LogP contribution in [-0.2, 0) is 9.84 Å². The maximum absolute atomic E-state index is 11.8. The van der Waals surface area contributed by atoms with Gasteiger partial charge in [-0.25, -0.2) is 8.42 Å². The molecule has 2 unspecified atom stereocenters. The zero-order chi connectivity index (χ0) is 13.9. The van der Waals surface area contributed by atoms with E-state index in [1.807, 2.05) is 31.3 Å². The van der Waals surface area contributed by atoms with Gasteiger partial charge in [-0.05, 0) is 37.4 Å². The van der Waals surface area contributed by atoms with Gasteiger partial charge >= 0.3 is 0 Å². The molecule has 1 aromatic carbocycles. The quantitative estimate of drug-likeness (QED) is 0.929. The Morgan fingerprint density at radius 1 is 1.42 bits per heavy atom. The average Bonchev–Trinajstić information content (AvgIpc) is 2.36. The third kappa shape index (κ3) is 3.71. The largest absolute Gasteiger partial charge is 0.319 e. The fourth-order valence-electron chi connectivity index (χ4n) is 2.90. The molecule has 0 saturated carbocycles. The first-order valence-corrected chi connectivity index (χ1v) is 8.83. The fraction of sp³-hybridized carbons (Fsp3) is 0.571. The van der Waals surface area contributed by atoms with E-state index in [1.165, 1.54) is 0 Å². The SMILES string of the molecule is CNCC(c1ccccc1Cl)C1CCCS(=O)(=O)C1. The molecule has 2 atom stereocenters. The molecule has 2 rings (SSSR count). The van der Waals surface area contributed by atoms with Gasteiger partial charge in [0.2, 0.25) is 0 Å². The molecule has 3 nitrogen and oxygen atoms in total. The fourth-order valence-corrected chi connectivity index (χ4v) is 5.00. The molecular weight excluding hydrogens is 282 g/mol. The van der Waals surface area contributed by atoms with Crippen molar-refractivity contribution >= 4 is 21.4 Å². The summed E-state index contributed by atoms with van der Waals surface area (Å²) >= 11 is 6.27. The lowest BCUT2D eigenvalue weighted by molar-refractivity contribution is 0.399. The molecule has 0 amide bonds. The normalized spacial score (nSPS) is 24.0. The van der Waals surface area contributed by atoms with E-state index in [0.717, 1.165) is 30.0 Å². The molecule has 0 spiro atoms. The van der Waals surface area contributed by atoms with Gasteiger partial charge in [0.05, 0.1) is 11.5 Å². The van der Waals surface area contributed by atoms with Crippen LogP contribution in [0.15, 0.2) is 24.3 Å². The van der Waals surface area contributed by atoms with Crippen LogP contribution >= 0.6 is 11.6 Å². The minimum Gasteiger partial charge on any atom is -0.319 e. The predicted molar refractivity (Wildman–Crippen MR) is 79.5 cm³/mol. The number of nitrogens with one attached hydrogen (secondary N) is 1. The zero-order valence-electron chi connectivity index (χ0n) is 11.1. The highest BCUT2D eigenvalue weighted by Gasteiger charge is 2.32. The number of hydrogen-bond acceptors (Lipinski definition) is 3. The van der Waals surface area contributed by atoms with E-state index in [2.05, 4.69) is 5.32 Å². The topological polar surface area (TPSA) is 46.2 Å². The second-order valence-corrected chi connectivity index (χ2v) is 7.84. The van der Waals surface area contributed by atoms with E-state index >= 15 is 0 Å². The molecule has 1 aliphatic heterocycles. The molecule has 0 aliphatic carbocycles. The summed E-state index contributed by atoms with van der Waals surface area (Å²) in [5.41, 5.74) is 1.06. The standard InChI is InChI=1S/C14H20ClNO2S/c1-16-9-13(12-6-2-3-7-14(12)15)11-5-4-8-19(17,18)10-11/h2-3,6-7,11,13,16H,4-5,8-10H2,1H3. The van der Waals surface area contributed by atoms with Crippen molar-refractivity contribution in [3.8, 4) is 0 Å². The molecule has 1 N–H and O–H groups in total. The summed E-state index contributed by atoms with van der Waals surface area (Å²) in [6.07, 6.45) is 1.72. The summed E-state index contributed by atoms with van der Waals surface area (Å²) in [4.78, 5) is 0.